The molecule has 4 rings (SSSR count). The second-order valence-electron chi connectivity index (χ2n) is 8.15. The van der Waals surface area contributed by atoms with Crippen LogP contribution in [-0.4, -0.2) is 72.8 Å². The van der Waals surface area contributed by atoms with Crippen molar-refractivity contribution in [2.45, 2.75) is 12.1 Å². The summed E-state index contributed by atoms with van der Waals surface area (Å²) in [5.41, 5.74) is -0.344. The highest BCUT2D eigenvalue weighted by molar-refractivity contribution is 5.92. The van der Waals surface area contributed by atoms with E-state index in [0.717, 1.165) is 25.2 Å². The van der Waals surface area contributed by atoms with Crippen molar-refractivity contribution < 1.29 is 27.2 Å². The number of likely N-dealkylation sites (N-methyl/N-ethyl adjacent to an activating group) is 1. The number of hydrogen-bond donors (Lipinski definition) is 0. The number of halogens is 3. The summed E-state index contributed by atoms with van der Waals surface area (Å²) in [4.78, 5) is 31.5. The quantitative estimate of drug-likeness (QED) is 0.744. The van der Waals surface area contributed by atoms with Crippen LogP contribution in [0.2, 0.25) is 0 Å². The average molecular weight is 435 g/mol. The number of hydrogen-bond acceptors (Lipinski definition) is 4. The summed E-state index contributed by atoms with van der Waals surface area (Å²) in [6, 6.07) is 8.20. The summed E-state index contributed by atoms with van der Waals surface area (Å²) in [5, 5.41) is 0. The molecule has 0 saturated carbocycles. The number of carbonyl (C=O) groups excluding carboxylic acids is 2. The fraction of sp³-hybridized carbons (Fsp3) is 0.455. The molecule has 9 heteroatoms. The standard InChI is InChI=1S/C22H24F3N3O3/c1-26-7-9-27(10-8-26)20(29)18-14-28(21(30)19-6-3-11-31-19)13-17(18)15-4-2-5-16(12-15)22(23,24)25/h2-6,11-12,17-18H,7-10,13-14H2,1H3/t17-,18-/m0/s1. The van der Waals surface area contributed by atoms with Crippen LogP contribution in [0, 0.1) is 5.92 Å². The molecular weight excluding hydrogens is 411 g/mol. The van der Waals surface area contributed by atoms with Crippen LogP contribution in [0.1, 0.15) is 27.6 Å². The minimum Gasteiger partial charge on any atom is -0.459 e. The lowest BCUT2D eigenvalue weighted by atomic mass is 9.87. The van der Waals surface area contributed by atoms with Crippen molar-refractivity contribution in [3.63, 3.8) is 0 Å². The molecule has 0 aliphatic carbocycles. The molecule has 0 N–H and O–H groups in total. The highest BCUT2D eigenvalue weighted by Gasteiger charge is 2.43. The lowest BCUT2D eigenvalue weighted by Gasteiger charge is -2.35. The molecule has 2 atom stereocenters. The van der Waals surface area contributed by atoms with E-state index in [1.807, 2.05) is 7.05 Å². The molecule has 2 amide bonds. The van der Waals surface area contributed by atoms with Gasteiger partial charge < -0.3 is 19.1 Å². The van der Waals surface area contributed by atoms with E-state index in [4.69, 9.17) is 4.42 Å². The minimum absolute atomic E-state index is 0.120. The van der Waals surface area contributed by atoms with E-state index in [-0.39, 0.29) is 30.7 Å². The average Bonchev–Trinajstić information content (AvgIpc) is 3.43. The molecule has 3 heterocycles. The van der Waals surface area contributed by atoms with Gasteiger partial charge in [0.2, 0.25) is 5.91 Å². The molecule has 2 aliphatic rings. The Labute approximate surface area is 178 Å². The Morgan fingerprint density at radius 3 is 2.39 bits per heavy atom. The second kappa shape index (κ2) is 8.37. The largest absolute Gasteiger partial charge is 0.459 e. The van der Waals surface area contributed by atoms with Gasteiger partial charge in [0, 0.05) is 45.2 Å². The van der Waals surface area contributed by atoms with E-state index < -0.39 is 23.6 Å². The second-order valence-corrected chi connectivity index (χ2v) is 8.15. The Kier molecular flexibility index (Phi) is 5.79. The first kappa shape index (κ1) is 21.4. The van der Waals surface area contributed by atoms with Gasteiger partial charge in [-0.1, -0.05) is 18.2 Å². The first-order valence-corrected chi connectivity index (χ1v) is 10.2. The summed E-state index contributed by atoms with van der Waals surface area (Å²) in [5.74, 6) is -1.46. The number of rotatable bonds is 3. The Balaban J connectivity index is 1.63. The molecule has 2 saturated heterocycles. The summed E-state index contributed by atoms with van der Waals surface area (Å²) in [6.45, 7) is 2.90. The molecule has 31 heavy (non-hydrogen) atoms. The number of likely N-dealkylation sites (tertiary alicyclic amines) is 1. The predicted octanol–water partition coefficient (Wildman–Crippen LogP) is 2.93. The molecule has 0 spiro atoms. The molecule has 1 aromatic heterocycles. The van der Waals surface area contributed by atoms with Crippen LogP contribution < -0.4 is 0 Å². The molecule has 0 bridgehead atoms. The Bertz CT molecular complexity index is 937. The van der Waals surface area contributed by atoms with Crippen LogP contribution in [0.4, 0.5) is 13.2 Å². The normalized spacial score (nSPS) is 22.7. The highest BCUT2D eigenvalue weighted by atomic mass is 19.4. The van der Waals surface area contributed by atoms with Gasteiger partial charge in [0.1, 0.15) is 0 Å². The van der Waals surface area contributed by atoms with E-state index in [1.54, 1.807) is 17.0 Å². The SMILES string of the molecule is CN1CCN(C(=O)[C@H]2CN(C(=O)c3ccco3)C[C@H]2c2cccc(C(F)(F)F)c2)CC1. The van der Waals surface area contributed by atoms with Gasteiger partial charge in [-0.3, -0.25) is 9.59 Å². The zero-order valence-electron chi connectivity index (χ0n) is 17.1. The topological polar surface area (TPSA) is 57.0 Å². The van der Waals surface area contributed by atoms with E-state index in [1.165, 1.54) is 23.3 Å². The van der Waals surface area contributed by atoms with Gasteiger partial charge in [-0.2, -0.15) is 13.2 Å². The molecule has 1 aromatic carbocycles. The van der Waals surface area contributed by atoms with Gasteiger partial charge >= 0.3 is 6.18 Å². The number of benzene rings is 1. The predicted molar refractivity (Wildman–Crippen MR) is 106 cm³/mol. The third-order valence-corrected chi connectivity index (χ3v) is 6.11. The fourth-order valence-corrected chi connectivity index (χ4v) is 4.32. The molecule has 0 radical (unpaired) electrons. The molecular formula is C22H24F3N3O3. The van der Waals surface area contributed by atoms with Gasteiger partial charge in [-0.15, -0.1) is 0 Å². The number of alkyl halides is 3. The summed E-state index contributed by atoms with van der Waals surface area (Å²) >= 11 is 0. The fourth-order valence-electron chi connectivity index (χ4n) is 4.32. The van der Waals surface area contributed by atoms with E-state index in [0.29, 0.717) is 18.7 Å². The van der Waals surface area contributed by atoms with Crippen molar-refractivity contribution in [2.24, 2.45) is 5.92 Å². The van der Waals surface area contributed by atoms with Crippen LogP contribution in [0.15, 0.2) is 47.1 Å². The van der Waals surface area contributed by atoms with Crippen molar-refractivity contribution in [1.82, 2.24) is 14.7 Å². The lowest BCUT2D eigenvalue weighted by Crippen LogP contribution is -2.50. The molecule has 166 valence electrons. The summed E-state index contributed by atoms with van der Waals surface area (Å²) in [7, 11) is 1.98. The van der Waals surface area contributed by atoms with E-state index in [9.17, 15) is 22.8 Å². The zero-order valence-corrected chi connectivity index (χ0v) is 17.1. The van der Waals surface area contributed by atoms with Crippen molar-refractivity contribution in [2.75, 3.05) is 46.3 Å². The van der Waals surface area contributed by atoms with Crippen molar-refractivity contribution in [1.29, 1.82) is 0 Å². The number of nitrogens with zero attached hydrogens (tertiary/aromatic N) is 3. The zero-order chi connectivity index (χ0) is 22.2. The smallest absolute Gasteiger partial charge is 0.416 e. The van der Waals surface area contributed by atoms with Gasteiger partial charge in [-0.05, 0) is 30.8 Å². The maximum atomic E-state index is 13.4. The number of piperazine rings is 1. The Hall–Kier alpha value is -2.81. The maximum Gasteiger partial charge on any atom is 0.416 e. The molecule has 2 fully saturated rings. The van der Waals surface area contributed by atoms with Crippen LogP contribution in [0.3, 0.4) is 0 Å². The van der Waals surface area contributed by atoms with Gasteiger partial charge in [0.05, 0.1) is 17.7 Å². The van der Waals surface area contributed by atoms with E-state index in [2.05, 4.69) is 4.90 Å². The minimum atomic E-state index is -4.48. The Morgan fingerprint density at radius 2 is 1.74 bits per heavy atom. The van der Waals surface area contributed by atoms with Gasteiger partial charge in [0.15, 0.2) is 5.76 Å². The highest BCUT2D eigenvalue weighted by Crippen LogP contribution is 2.38. The van der Waals surface area contributed by atoms with Crippen LogP contribution in [0.5, 0.6) is 0 Å². The summed E-state index contributed by atoms with van der Waals surface area (Å²) < 4.78 is 45.0. The maximum absolute atomic E-state index is 13.4. The number of amides is 2. The van der Waals surface area contributed by atoms with Crippen LogP contribution in [0.25, 0.3) is 0 Å². The molecule has 0 unspecified atom stereocenters. The molecule has 2 aromatic rings. The van der Waals surface area contributed by atoms with E-state index >= 15 is 0 Å². The van der Waals surface area contributed by atoms with Crippen molar-refractivity contribution in [3.05, 3.63) is 59.5 Å². The third kappa shape index (κ3) is 4.46. The lowest BCUT2D eigenvalue weighted by molar-refractivity contribution is -0.137. The van der Waals surface area contributed by atoms with Crippen LogP contribution >= 0.6 is 0 Å². The van der Waals surface area contributed by atoms with Crippen LogP contribution in [-0.2, 0) is 11.0 Å². The number of carbonyl (C=O) groups is 2. The summed E-state index contributed by atoms with van der Waals surface area (Å²) in [6.07, 6.45) is -3.09. The molecule has 2 aliphatic heterocycles. The number of furan rings is 1. The van der Waals surface area contributed by atoms with Gasteiger partial charge in [-0.25, -0.2) is 0 Å². The molecule has 6 nitrogen and oxygen atoms in total. The van der Waals surface area contributed by atoms with Crippen molar-refractivity contribution >= 4 is 11.8 Å². The van der Waals surface area contributed by atoms with Gasteiger partial charge in [0.25, 0.3) is 5.91 Å². The Morgan fingerprint density at radius 1 is 1.00 bits per heavy atom. The van der Waals surface area contributed by atoms with Crippen molar-refractivity contribution in [3.8, 4) is 0 Å². The third-order valence-electron chi connectivity index (χ3n) is 6.11. The first-order valence-electron chi connectivity index (χ1n) is 10.2. The monoisotopic (exact) mass is 435 g/mol. The first-order chi connectivity index (χ1) is 14.7.